The predicted molar refractivity (Wildman–Crippen MR) is 72.3 cm³/mol. The summed E-state index contributed by atoms with van der Waals surface area (Å²) in [5, 5.41) is -0.821. The Balaban J connectivity index is 2.31. The van der Waals surface area contributed by atoms with E-state index in [0.29, 0.717) is 5.46 Å². The number of carbonyl (C=O) groups is 1. The average molecular weight is 285 g/mol. The molecule has 1 aromatic carbocycles. The lowest BCUT2D eigenvalue weighted by molar-refractivity contribution is 0.00578. The first-order valence-corrected chi connectivity index (χ1v) is 6.37. The van der Waals surface area contributed by atoms with Crippen molar-refractivity contribution in [2.75, 3.05) is 0 Å². The fourth-order valence-corrected chi connectivity index (χ4v) is 1.97. The minimum atomic E-state index is -0.821. The fourth-order valence-electron chi connectivity index (χ4n) is 1.82. The second-order valence-corrected chi connectivity index (χ2v) is 5.94. The Bertz CT molecular complexity index is 515. The van der Waals surface area contributed by atoms with Gasteiger partial charge in [-0.15, -0.1) is 0 Å². The van der Waals surface area contributed by atoms with Crippen molar-refractivity contribution >= 4 is 29.4 Å². The third kappa shape index (κ3) is 2.55. The molecule has 1 saturated heterocycles. The Labute approximate surface area is 117 Å². The van der Waals surface area contributed by atoms with Crippen molar-refractivity contribution in [1.82, 2.24) is 0 Å². The van der Waals surface area contributed by atoms with Crippen molar-refractivity contribution in [2.45, 2.75) is 38.9 Å². The molecule has 0 unspecified atom stereocenters. The van der Waals surface area contributed by atoms with E-state index in [1.165, 1.54) is 12.1 Å². The Hall–Kier alpha value is -0.905. The van der Waals surface area contributed by atoms with Gasteiger partial charge in [0.05, 0.1) is 16.8 Å². The Kier molecular flexibility index (Phi) is 3.50. The summed E-state index contributed by atoms with van der Waals surface area (Å²) in [5.41, 5.74) is -0.607. The van der Waals surface area contributed by atoms with E-state index in [0.717, 1.165) is 0 Å². The molecule has 3 nitrogen and oxygen atoms in total. The fraction of sp³-hybridized carbons (Fsp3) is 0.462. The van der Waals surface area contributed by atoms with E-state index in [-0.39, 0.29) is 5.56 Å². The van der Waals surface area contributed by atoms with Gasteiger partial charge in [-0.25, -0.2) is 4.39 Å². The quantitative estimate of drug-likeness (QED) is 0.618. The zero-order chi connectivity index (χ0) is 14.4. The highest BCUT2D eigenvalue weighted by Gasteiger charge is 2.51. The summed E-state index contributed by atoms with van der Waals surface area (Å²) in [5.74, 6) is -0.674. The molecular formula is C13H15BClFO3. The minimum absolute atomic E-state index is 0.151. The van der Waals surface area contributed by atoms with Gasteiger partial charge in [-0.2, -0.15) is 0 Å². The van der Waals surface area contributed by atoms with Crippen LogP contribution in [0.1, 0.15) is 38.1 Å². The van der Waals surface area contributed by atoms with E-state index >= 15 is 0 Å². The van der Waals surface area contributed by atoms with Crippen LogP contribution in [0.25, 0.3) is 0 Å². The molecule has 6 heteroatoms. The summed E-state index contributed by atoms with van der Waals surface area (Å²) in [6.45, 7) is 7.67. The average Bonchev–Trinajstić information content (AvgIpc) is 2.47. The molecule has 1 heterocycles. The molecule has 0 atom stereocenters. The summed E-state index contributed by atoms with van der Waals surface area (Å²) in [7, 11) is -0.654. The summed E-state index contributed by atoms with van der Waals surface area (Å²) >= 11 is 5.27. The zero-order valence-electron chi connectivity index (χ0n) is 11.3. The SMILES string of the molecule is CC1(C)OB(c2ccc(C(=O)Cl)c(F)c2)OC1(C)C. The van der Waals surface area contributed by atoms with Crippen LogP contribution in [-0.2, 0) is 9.31 Å². The predicted octanol–water partition coefficient (Wildman–Crippen LogP) is 2.50. The molecule has 2 rings (SSSR count). The lowest BCUT2D eigenvalue weighted by Crippen LogP contribution is -2.41. The third-order valence-electron chi connectivity index (χ3n) is 3.73. The van der Waals surface area contributed by atoms with E-state index < -0.39 is 29.4 Å². The molecule has 0 saturated carbocycles. The summed E-state index contributed by atoms with van der Waals surface area (Å²) in [4.78, 5) is 11.0. The molecule has 0 aliphatic carbocycles. The lowest BCUT2D eigenvalue weighted by atomic mass is 9.79. The van der Waals surface area contributed by atoms with Gasteiger partial charge in [0.1, 0.15) is 5.82 Å². The molecule has 0 aromatic heterocycles. The Morgan fingerprint density at radius 3 is 2.16 bits per heavy atom. The van der Waals surface area contributed by atoms with E-state index in [1.807, 2.05) is 27.7 Å². The van der Waals surface area contributed by atoms with Gasteiger partial charge in [0.25, 0.3) is 5.24 Å². The molecular weight excluding hydrogens is 269 g/mol. The van der Waals surface area contributed by atoms with Gasteiger partial charge >= 0.3 is 7.12 Å². The number of hydrogen-bond donors (Lipinski definition) is 0. The van der Waals surface area contributed by atoms with Crippen LogP contribution in [0.4, 0.5) is 4.39 Å². The molecule has 1 aromatic rings. The molecule has 1 fully saturated rings. The van der Waals surface area contributed by atoms with Crippen molar-refractivity contribution in [3.63, 3.8) is 0 Å². The Morgan fingerprint density at radius 1 is 1.21 bits per heavy atom. The van der Waals surface area contributed by atoms with Crippen LogP contribution < -0.4 is 5.46 Å². The molecule has 102 valence electrons. The molecule has 19 heavy (non-hydrogen) atoms. The molecule has 0 spiro atoms. The molecule has 1 aliphatic rings. The minimum Gasteiger partial charge on any atom is -0.399 e. The van der Waals surface area contributed by atoms with E-state index in [1.54, 1.807) is 6.07 Å². The zero-order valence-corrected chi connectivity index (χ0v) is 12.0. The molecule has 0 amide bonds. The van der Waals surface area contributed by atoms with Crippen LogP contribution in [0.5, 0.6) is 0 Å². The molecule has 0 N–H and O–H groups in total. The van der Waals surface area contributed by atoms with Crippen molar-refractivity contribution in [2.24, 2.45) is 0 Å². The summed E-state index contributed by atoms with van der Waals surface area (Å²) in [6, 6.07) is 4.14. The highest BCUT2D eigenvalue weighted by atomic mass is 35.5. The first-order valence-electron chi connectivity index (χ1n) is 5.99. The Morgan fingerprint density at radius 2 is 1.74 bits per heavy atom. The van der Waals surface area contributed by atoms with E-state index in [9.17, 15) is 9.18 Å². The van der Waals surface area contributed by atoms with Crippen LogP contribution in [0.2, 0.25) is 0 Å². The normalized spacial score (nSPS) is 20.6. The molecule has 0 radical (unpaired) electrons. The number of hydrogen-bond acceptors (Lipinski definition) is 3. The second kappa shape index (κ2) is 4.58. The van der Waals surface area contributed by atoms with Gasteiger partial charge in [0.2, 0.25) is 0 Å². The smallest absolute Gasteiger partial charge is 0.399 e. The standard InChI is InChI=1S/C13H15BClFO3/c1-12(2)13(3,4)19-14(18-12)8-5-6-9(11(15)17)10(16)7-8/h5-7H,1-4H3. The summed E-state index contributed by atoms with van der Waals surface area (Å²) in [6.07, 6.45) is 0. The first kappa shape index (κ1) is 14.5. The third-order valence-corrected chi connectivity index (χ3v) is 3.93. The number of carbonyl (C=O) groups excluding carboxylic acids is 1. The summed E-state index contributed by atoms with van der Waals surface area (Å²) < 4.78 is 25.3. The van der Waals surface area contributed by atoms with Gasteiger partial charge < -0.3 is 9.31 Å². The van der Waals surface area contributed by atoms with Crippen molar-refractivity contribution < 1.29 is 18.5 Å². The van der Waals surface area contributed by atoms with Crippen LogP contribution >= 0.6 is 11.6 Å². The number of halogens is 2. The maximum absolute atomic E-state index is 13.7. The molecule has 0 bridgehead atoms. The van der Waals surface area contributed by atoms with Gasteiger partial charge in [-0.05, 0) is 56.9 Å². The lowest BCUT2D eigenvalue weighted by Gasteiger charge is -2.32. The van der Waals surface area contributed by atoms with Crippen LogP contribution in [0, 0.1) is 5.82 Å². The van der Waals surface area contributed by atoms with Crippen molar-refractivity contribution in [3.05, 3.63) is 29.6 Å². The van der Waals surface area contributed by atoms with Gasteiger partial charge in [0.15, 0.2) is 0 Å². The monoisotopic (exact) mass is 284 g/mol. The first-order chi connectivity index (χ1) is 8.64. The van der Waals surface area contributed by atoms with Crippen LogP contribution in [0.15, 0.2) is 18.2 Å². The second-order valence-electron chi connectivity index (χ2n) is 5.60. The number of benzene rings is 1. The highest BCUT2D eigenvalue weighted by Crippen LogP contribution is 2.36. The van der Waals surface area contributed by atoms with E-state index in [4.69, 9.17) is 20.9 Å². The van der Waals surface area contributed by atoms with Crippen LogP contribution in [0.3, 0.4) is 0 Å². The maximum Gasteiger partial charge on any atom is 0.494 e. The van der Waals surface area contributed by atoms with Gasteiger partial charge in [0, 0.05) is 0 Å². The maximum atomic E-state index is 13.7. The topological polar surface area (TPSA) is 35.5 Å². The van der Waals surface area contributed by atoms with Gasteiger partial charge in [-0.1, -0.05) is 6.07 Å². The van der Waals surface area contributed by atoms with Crippen LogP contribution in [-0.4, -0.2) is 23.6 Å². The highest BCUT2D eigenvalue weighted by molar-refractivity contribution is 6.68. The van der Waals surface area contributed by atoms with E-state index in [2.05, 4.69) is 0 Å². The van der Waals surface area contributed by atoms with Gasteiger partial charge in [-0.3, -0.25) is 4.79 Å². The van der Waals surface area contributed by atoms with Crippen molar-refractivity contribution in [3.8, 4) is 0 Å². The number of rotatable bonds is 2. The molecule has 1 aliphatic heterocycles. The largest absolute Gasteiger partial charge is 0.494 e. The van der Waals surface area contributed by atoms with Crippen molar-refractivity contribution in [1.29, 1.82) is 0 Å².